The first-order valence-corrected chi connectivity index (χ1v) is 10.8. The largest absolute Gasteiger partial charge is 0.493 e. The second-order valence-corrected chi connectivity index (χ2v) is 8.83. The summed E-state index contributed by atoms with van der Waals surface area (Å²) in [6.45, 7) is 0. The van der Waals surface area contributed by atoms with Crippen LogP contribution in [0, 0.1) is 20.2 Å². The Balaban J connectivity index is 2.01. The third-order valence-electron chi connectivity index (χ3n) is 4.94. The number of non-ortho nitro benzene ring substituents is 2. The number of hydrogen-bond acceptors (Lipinski definition) is 12. The van der Waals surface area contributed by atoms with Crippen LogP contribution in [0.5, 0.6) is 11.5 Å². The number of fused-ring (bicyclic) bond motifs is 2. The van der Waals surface area contributed by atoms with Crippen molar-refractivity contribution in [3.8, 4) is 11.5 Å². The van der Waals surface area contributed by atoms with Gasteiger partial charge in [-0.25, -0.2) is 18.0 Å². The zero-order valence-corrected chi connectivity index (χ0v) is 18.5. The third-order valence-corrected chi connectivity index (χ3v) is 6.67. The van der Waals surface area contributed by atoms with Gasteiger partial charge < -0.3 is 18.3 Å². The van der Waals surface area contributed by atoms with Crippen molar-refractivity contribution < 1.29 is 36.6 Å². The maximum atomic E-state index is 13.3. The Hall–Kier alpha value is -4.79. The molecule has 15 heteroatoms. The number of nitro groups is 2. The van der Waals surface area contributed by atoms with Gasteiger partial charge in [-0.3, -0.25) is 20.2 Å². The van der Waals surface area contributed by atoms with Gasteiger partial charge in [0, 0.05) is 22.9 Å². The average Bonchev–Trinajstić information content (AvgIpc) is 2.81. The Bertz CT molecular complexity index is 1660. The van der Waals surface area contributed by atoms with Crippen molar-refractivity contribution >= 4 is 43.2 Å². The molecule has 0 aliphatic rings. The lowest BCUT2D eigenvalue weighted by Crippen LogP contribution is -2.20. The minimum Gasteiger partial charge on any atom is -0.493 e. The molecule has 0 N–H and O–H groups in total. The zero-order valence-electron chi connectivity index (χ0n) is 17.7. The molecule has 0 amide bonds. The van der Waals surface area contributed by atoms with Gasteiger partial charge in [-0.2, -0.15) is 0 Å². The summed E-state index contributed by atoms with van der Waals surface area (Å²) in [4.78, 5) is 44.0. The van der Waals surface area contributed by atoms with Crippen LogP contribution in [0.3, 0.4) is 0 Å². The number of methoxy groups -OCH3 is 2. The number of sulfone groups is 1. The Kier molecular flexibility index (Phi) is 5.48. The van der Waals surface area contributed by atoms with Gasteiger partial charge in [0.15, 0.2) is 32.5 Å². The maximum Gasteiger partial charge on any atom is 0.355 e. The van der Waals surface area contributed by atoms with Crippen LogP contribution in [0.1, 0.15) is 0 Å². The van der Waals surface area contributed by atoms with Gasteiger partial charge in [-0.15, -0.1) is 0 Å². The van der Waals surface area contributed by atoms with Crippen molar-refractivity contribution in [2.45, 2.75) is 9.79 Å². The molecule has 2 aromatic carbocycles. The highest BCUT2D eigenvalue weighted by atomic mass is 32.2. The lowest BCUT2D eigenvalue weighted by atomic mass is 10.2. The van der Waals surface area contributed by atoms with E-state index in [2.05, 4.69) is 0 Å². The highest BCUT2D eigenvalue weighted by Crippen LogP contribution is 2.34. The Morgan fingerprint density at radius 2 is 1.09 bits per heavy atom. The summed E-state index contributed by atoms with van der Waals surface area (Å²) in [5, 5.41) is 22.1. The summed E-state index contributed by atoms with van der Waals surface area (Å²) in [7, 11) is -2.60. The number of rotatable bonds is 6. The molecule has 2 aromatic heterocycles. The van der Waals surface area contributed by atoms with Crippen LogP contribution >= 0.6 is 0 Å². The topological polar surface area (TPSA) is 199 Å². The molecule has 0 unspecified atom stereocenters. The van der Waals surface area contributed by atoms with Gasteiger partial charge >= 0.3 is 11.3 Å². The fraction of sp³-hybridized carbons (Fsp3) is 0.100. The summed E-state index contributed by atoms with van der Waals surface area (Å²) in [6.07, 6.45) is 0. The SMILES string of the molecule is COc1cc([N+](=O)[O-])cc2cc(S(=O)(=O)c3cc4cc([N+](=O)[O-])cc(OC)c4oc3=O)c(=O)oc12. The Labute approximate surface area is 193 Å². The van der Waals surface area contributed by atoms with Gasteiger partial charge in [0.1, 0.15) is 0 Å². The van der Waals surface area contributed by atoms with Gasteiger partial charge in [0.05, 0.1) is 36.2 Å². The third kappa shape index (κ3) is 3.82. The standard InChI is InChI=1S/C20H12N2O12S/c1-31-13-7-11(21(25)26)3-9-5-15(19(23)33-17(9)13)35(29,30)16-6-10-4-12(22(27)28)8-14(32-2)18(10)34-20(16)24/h3-8H,1-2H3. The lowest BCUT2D eigenvalue weighted by molar-refractivity contribution is -0.385. The molecule has 4 aromatic rings. The molecule has 14 nitrogen and oxygen atoms in total. The molecule has 0 aliphatic heterocycles. The van der Waals surface area contributed by atoms with E-state index >= 15 is 0 Å². The molecule has 0 saturated heterocycles. The highest BCUT2D eigenvalue weighted by molar-refractivity contribution is 7.91. The van der Waals surface area contributed by atoms with E-state index in [0.717, 1.165) is 50.6 Å². The molecular formula is C20H12N2O12S. The van der Waals surface area contributed by atoms with Crippen molar-refractivity contribution in [1.29, 1.82) is 0 Å². The second-order valence-electron chi connectivity index (χ2n) is 6.95. The smallest absolute Gasteiger partial charge is 0.355 e. The molecular weight excluding hydrogens is 492 g/mol. The molecule has 0 saturated carbocycles. The van der Waals surface area contributed by atoms with Crippen molar-refractivity contribution in [3.05, 3.63) is 77.5 Å². The van der Waals surface area contributed by atoms with Crippen molar-refractivity contribution in [3.63, 3.8) is 0 Å². The van der Waals surface area contributed by atoms with Crippen molar-refractivity contribution in [1.82, 2.24) is 0 Å². The molecule has 0 fully saturated rings. The van der Waals surface area contributed by atoms with Crippen LogP contribution in [0.25, 0.3) is 21.9 Å². The summed E-state index contributed by atoms with van der Waals surface area (Å²) < 4.78 is 46.6. The van der Waals surface area contributed by atoms with Gasteiger partial charge in [0.25, 0.3) is 11.4 Å². The quantitative estimate of drug-likeness (QED) is 0.211. The van der Waals surface area contributed by atoms with E-state index in [4.69, 9.17) is 18.3 Å². The van der Waals surface area contributed by atoms with E-state index in [0.29, 0.717) is 0 Å². The van der Waals surface area contributed by atoms with Crippen molar-refractivity contribution in [2.75, 3.05) is 14.2 Å². The number of ether oxygens (including phenoxy) is 2. The van der Waals surface area contributed by atoms with Crippen LogP contribution in [0.2, 0.25) is 0 Å². The number of hydrogen-bond donors (Lipinski definition) is 0. The monoisotopic (exact) mass is 504 g/mol. The summed E-state index contributed by atoms with van der Waals surface area (Å²) in [5.74, 6) is -0.389. The van der Waals surface area contributed by atoms with Crippen LogP contribution < -0.4 is 20.7 Å². The molecule has 180 valence electrons. The molecule has 0 aliphatic carbocycles. The summed E-state index contributed by atoms with van der Waals surface area (Å²) in [6, 6.07) is 5.47. The first-order valence-electron chi connectivity index (χ1n) is 9.33. The minimum atomic E-state index is -4.92. The highest BCUT2D eigenvalue weighted by Gasteiger charge is 2.30. The van der Waals surface area contributed by atoms with Gasteiger partial charge in [-0.05, 0) is 12.1 Å². The minimum absolute atomic E-state index is 0.170. The van der Waals surface area contributed by atoms with E-state index in [1.165, 1.54) is 0 Å². The number of benzene rings is 2. The van der Waals surface area contributed by atoms with E-state index in [-0.39, 0.29) is 33.4 Å². The van der Waals surface area contributed by atoms with Crippen LogP contribution in [0.15, 0.2) is 64.6 Å². The normalized spacial score (nSPS) is 11.5. The maximum absolute atomic E-state index is 13.3. The molecule has 0 spiro atoms. The lowest BCUT2D eigenvalue weighted by Gasteiger charge is -2.08. The average molecular weight is 504 g/mol. The Morgan fingerprint density at radius 1 is 0.714 bits per heavy atom. The second kappa shape index (κ2) is 8.21. The molecule has 0 radical (unpaired) electrons. The van der Waals surface area contributed by atoms with Crippen LogP contribution in [-0.4, -0.2) is 32.5 Å². The van der Waals surface area contributed by atoms with Gasteiger partial charge in [-0.1, -0.05) is 0 Å². The Morgan fingerprint density at radius 3 is 1.40 bits per heavy atom. The fourth-order valence-electron chi connectivity index (χ4n) is 3.34. The van der Waals surface area contributed by atoms with Crippen LogP contribution in [0.4, 0.5) is 11.4 Å². The first-order chi connectivity index (χ1) is 16.5. The number of nitrogens with zero attached hydrogens (tertiary/aromatic N) is 2. The van der Waals surface area contributed by atoms with Crippen molar-refractivity contribution in [2.24, 2.45) is 0 Å². The van der Waals surface area contributed by atoms with Gasteiger partial charge in [0.2, 0.25) is 9.84 Å². The van der Waals surface area contributed by atoms with Crippen LogP contribution in [-0.2, 0) is 9.84 Å². The number of nitro benzene ring substituents is 2. The molecule has 0 atom stereocenters. The molecule has 0 bridgehead atoms. The predicted octanol–water partition coefficient (Wildman–Crippen LogP) is 2.57. The van der Waals surface area contributed by atoms with E-state index in [1.54, 1.807) is 0 Å². The first kappa shape index (κ1) is 23.4. The van der Waals surface area contributed by atoms with E-state index < -0.39 is 52.1 Å². The molecule has 35 heavy (non-hydrogen) atoms. The summed E-state index contributed by atoms with van der Waals surface area (Å²) >= 11 is 0. The fourth-order valence-corrected chi connectivity index (χ4v) is 4.67. The van der Waals surface area contributed by atoms with E-state index in [1.807, 2.05) is 0 Å². The zero-order chi connectivity index (χ0) is 25.7. The molecule has 2 heterocycles. The summed E-state index contributed by atoms with van der Waals surface area (Å²) in [5.41, 5.74) is -4.24. The predicted molar refractivity (Wildman–Crippen MR) is 117 cm³/mol. The molecule has 4 rings (SSSR count). The van der Waals surface area contributed by atoms with E-state index in [9.17, 15) is 38.2 Å².